The van der Waals surface area contributed by atoms with Gasteiger partial charge in [-0.05, 0) is 25.0 Å². The highest BCUT2D eigenvalue weighted by Crippen LogP contribution is 2.47. The second-order valence-corrected chi connectivity index (χ2v) is 6.27. The van der Waals surface area contributed by atoms with Crippen LogP contribution in [0.3, 0.4) is 0 Å². The fourth-order valence-electron chi connectivity index (χ4n) is 3.15. The Hall–Kier alpha value is -1.66. The Labute approximate surface area is 130 Å². The van der Waals surface area contributed by atoms with Gasteiger partial charge in [-0.25, -0.2) is 0 Å². The van der Waals surface area contributed by atoms with Gasteiger partial charge >= 0.3 is 0 Å². The number of amides is 1. The van der Waals surface area contributed by atoms with Crippen molar-refractivity contribution >= 4 is 11.6 Å². The molecule has 1 aromatic rings. The number of aliphatic hydroxyl groups is 1. The molecule has 0 unspecified atom stereocenters. The average molecular weight is 305 g/mol. The number of hydrogen-bond acceptors (Lipinski definition) is 5. The van der Waals surface area contributed by atoms with Crippen molar-refractivity contribution in [3.8, 4) is 0 Å². The number of pyridine rings is 1. The van der Waals surface area contributed by atoms with Gasteiger partial charge in [0.15, 0.2) is 0 Å². The summed E-state index contributed by atoms with van der Waals surface area (Å²) in [5.74, 6) is 0.130. The number of anilines is 1. The van der Waals surface area contributed by atoms with Crippen molar-refractivity contribution in [1.29, 1.82) is 0 Å². The van der Waals surface area contributed by atoms with Crippen molar-refractivity contribution in [2.75, 3.05) is 44.8 Å². The normalized spacial score (nSPS) is 24.0. The molecule has 0 bridgehead atoms. The number of rotatable bonds is 4. The van der Waals surface area contributed by atoms with Crippen LogP contribution < -0.4 is 4.90 Å². The van der Waals surface area contributed by atoms with E-state index in [9.17, 15) is 9.90 Å². The van der Waals surface area contributed by atoms with E-state index in [4.69, 9.17) is 4.74 Å². The molecule has 1 N–H and O–H groups in total. The molecule has 1 saturated heterocycles. The number of carbonyl (C=O) groups is 1. The fourth-order valence-corrected chi connectivity index (χ4v) is 3.15. The van der Waals surface area contributed by atoms with Gasteiger partial charge in [-0.15, -0.1) is 0 Å². The monoisotopic (exact) mass is 305 g/mol. The van der Waals surface area contributed by atoms with Crippen LogP contribution in [0.5, 0.6) is 0 Å². The lowest BCUT2D eigenvalue weighted by Crippen LogP contribution is -2.43. The third kappa shape index (κ3) is 3.08. The Balaban J connectivity index is 1.68. The molecule has 0 spiro atoms. The number of hydrogen-bond donors (Lipinski definition) is 1. The molecule has 1 saturated carbocycles. The van der Waals surface area contributed by atoms with E-state index in [0.717, 1.165) is 25.1 Å². The van der Waals surface area contributed by atoms with Crippen LogP contribution in [0.4, 0.5) is 5.69 Å². The lowest BCUT2D eigenvalue weighted by Gasteiger charge is -2.26. The van der Waals surface area contributed by atoms with Gasteiger partial charge < -0.3 is 19.6 Å². The smallest absolute Gasteiger partial charge is 0.231 e. The molecule has 0 radical (unpaired) electrons. The highest BCUT2D eigenvalue weighted by Gasteiger charge is 2.52. The summed E-state index contributed by atoms with van der Waals surface area (Å²) in [6, 6.07) is 3.86. The molecule has 2 aliphatic rings. The Bertz CT molecular complexity index is 519. The molecule has 1 amide bonds. The van der Waals surface area contributed by atoms with Gasteiger partial charge in [0.2, 0.25) is 5.91 Å². The third-order valence-electron chi connectivity index (χ3n) is 4.55. The highest BCUT2D eigenvalue weighted by atomic mass is 16.5. The van der Waals surface area contributed by atoms with Crippen LogP contribution in [0.2, 0.25) is 0 Å². The van der Waals surface area contributed by atoms with Crippen molar-refractivity contribution in [2.24, 2.45) is 5.41 Å². The SMILES string of the molecule is COCC1(C(=O)N2CCN(c3ccncc3)C[C@H](O)C2)CC1. The second kappa shape index (κ2) is 6.22. The third-order valence-corrected chi connectivity index (χ3v) is 4.55. The number of carbonyl (C=O) groups excluding carboxylic acids is 1. The minimum atomic E-state index is -0.544. The number of methoxy groups -OCH3 is 1. The van der Waals surface area contributed by atoms with E-state index < -0.39 is 6.10 Å². The highest BCUT2D eigenvalue weighted by molar-refractivity contribution is 5.85. The molecule has 2 heterocycles. The van der Waals surface area contributed by atoms with Gasteiger partial charge in [-0.3, -0.25) is 9.78 Å². The number of β-amino-alcohol motifs (C(OH)–C–C–N with tert-alkyl or cyclic N) is 1. The summed E-state index contributed by atoms with van der Waals surface area (Å²) in [6.07, 6.45) is 4.72. The van der Waals surface area contributed by atoms with Gasteiger partial charge in [-0.2, -0.15) is 0 Å². The molecule has 3 rings (SSSR count). The van der Waals surface area contributed by atoms with Crippen LogP contribution in [0, 0.1) is 5.41 Å². The van der Waals surface area contributed by atoms with E-state index >= 15 is 0 Å². The minimum Gasteiger partial charge on any atom is -0.389 e. The lowest BCUT2D eigenvalue weighted by atomic mass is 10.1. The van der Waals surface area contributed by atoms with Crippen molar-refractivity contribution in [3.63, 3.8) is 0 Å². The summed E-state index contributed by atoms with van der Waals surface area (Å²) >= 11 is 0. The van der Waals surface area contributed by atoms with E-state index in [1.165, 1.54) is 0 Å². The molecule has 2 fully saturated rings. The van der Waals surface area contributed by atoms with Crippen molar-refractivity contribution in [1.82, 2.24) is 9.88 Å². The maximum atomic E-state index is 12.7. The first-order valence-corrected chi connectivity index (χ1v) is 7.76. The summed E-state index contributed by atoms with van der Waals surface area (Å²) in [4.78, 5) is 20.6. The lowest BCUT2D eigenvalue weighted by molar-refractivity contribution is -0.139. The standard InChI is InChI=1S/C16H23N3O3/c1-22-12-16(4-5-16)15(21)19-9-8-18(10-14(20)11-19)13-2-6-17-7-3-13/h2-3,6-7,14,20H,4-5,8-12H2,1H3/t14-/m0/s1. The summed E-state index contributed by atoms with van der Waals surface area (Å²) in [7, 11) is 1.63. The van der Waals surface area contributed by atoms with Crippen LogP contribution in [0.25, 0.3) is 0 Å². The van der Waals surface area contributed by atoms with Gasteiger partial charge in [0.1, 0.15) is 0 Å². The second-order valence-electron chi connectivity index (χ2n) is 6.27. The van der Waals surface area contributed by atoms with E-state index in [1.807, 2.05) is 12.1 Å². The molecule has 1 aliphatic heterocycles. The van der Waals surface area contributed by atoms with E-state index in [2.05, 4.69) is 9.88 Å². The number of aliphatic hydroxyl groups excluding tert-OH is 1. The average Bonchev–Trinajstić information content (AvgIpc) is 3.33. The van der Waals surface area contributed by atoms with Crippen molar-refractivity contribution in [3.05, 3.63) is 24.5 Å². The molecule has 120 valence electrons. The summed E-state index contributed by atoms with van der Waals surface area (Å²) in [5.41, 5.74) is 0.696. The zero-order chi connectivity index (χ0) is 15.6. The summed E-state index contributed by atoms with van der Waals surface area (Å²) < 4.78 is 5.20. The van der Waals surface area contributed by atoms with Gasteiger partial charge in [0.05, 0.1) is 18.1 Å². The summed E-state index contributed by atoms with van der Waals surface area (Å²) in [6.45, 7) is 2.75. The van der Waals surface area contributed by atoms with Crippen molar-refractivity contribution < 1.29 is 14.6 Å². The fraction of sp³-hybridized carbons (Fsp3) is 0.625. The quantitative estimate of drug-likeness (QED) is 0.878. The molecule has 1 aliphatic carbocycles. The molecule has 6 heteroatoms. The van der Waals surface area contributed by atoms with Crippen LogP contribution in [-0.2, 0) is 9.53 Å². The number of ether oxygens (including phenoxy) is 1. The van der Waals surface area contributed by atoms with Crippen LogP contribution in [0.15, 0.2) is 24.5 Å². The van der Waals surface area contributed by atoms with E-state index in [0.29, 0.717) is 26.2 Å². The molecule has 0 aromatic carbocycles. The van der Waals surface area contributed by atoms with Crippen LogP contribution in [0.1, 0.15) is 12.8 Å². The Morgan fingerprint density at radius 1 is 1.36 bits per heavy atom. The number of nitrogens with zero attached hydrogens (tertiary/aromatic N) is 3. The Kier molecular flexibility index (Phi) is 4.31. The Morgan fingerprint density at radius 2 is 2.09 bits per heavy atom. The summed E-state index contributed by atoms with van der Waals surface area (Å²) in [5, 5.41) is 10.3. The first kappa shape index (κ1) is 15.2. The first-order valence-electron chi connectivity index (χ1n) is 7.76. The molecular weight excluding hydrogens is 282 g/mol. The van der Waals surface area contributed by atoms with Gasteiger partial charge in [0.25, 0.3) is 0 Å². The minimum absolute atomic E-state index is 0.130. The number of aromatic nitrogens is 1. The molecule has 1 atom stereocenters. The van der Waals surface area contributed by atoms with Gasteiger partial charge in [0, 0.05) is 51.4 Å². The topological polar surface area (TPSA) is 65.9 Å². The molecule has 22 heavy (non-hydrogen) atoms. The largest absolute Gasteiger partial charge is 0.389 e. The Morgan fingerprint density at radius 3 is 2.73 bits per heavy atom. The van der Waals surface area contributed by atoms with E-state index in [1.54, 1.807) is 24.4 Å². The van der Waals surface area contributed by atoms with Crippen LogP contribution >= 0.6 is 0 Å². The predicted molar refractivity (Wildman–Crippen MR) is 82.6 cm³/mol. The van der Waals surface area contributed by atoms with E-state index in [-0.39, 0.29) is 11.3 Å². The maximum absolute atomic E-state index is 12.7. The first-order chi connectivity index (χ1) is 10.6. The maximum Gasteiger partial charge on any atom is 0.231 e. The van der Waals surface area contributed by atoms with Crippen LogP contribution in [-0.4, -0.2) is 66.9 Å². The molecule has 6 nitrogen and oxygen atoms in total. The molecule has 1 aromatic heterocycles. The van der Waals surface area contributed by atoms with Crippen molar-refractivity contribution in [2.45, 2.75) is 18.9 Å². The zero-order valence-corrected chi connectivity index (χ0v) is 12.9. The van der Waals surface area contributed by atoms with Gasteiger partial charge in [-0.1, -0.05) is 0 Å². The molecular formula is C16H23N3O3. The predicted octanol–water partition coefficient (Wildman–Crippen LogP) is 0.518. The zero-order valence-electron chi connectivity index (χ0n) is 12.9.